The quantitative estimate of drug-likeness (QED) is 0.306. The molecule has 0 saturated carbocycles. The molecular weight excluding hydrogens is 404 g/mol. The van der Waals surface area contributed by atoms with Gasteiger partial charge < -0.3 is 21.4 Å². The maximum absolute atomic E-state index is 13.0. The lowest BCUT2D eigenvalue weighted by atomic mass is 10.1. The summed E-state index contributed by atoms with van der Waals surface area (Å²) in [6, 6.07) is 6.40. The lowest BCUT2D eigenvalue weighted by molar-refractivity contribution is -0.138. The first-order valence-electron chi connectivity index (χ1n) is 7.81. The smallest absolute Gasteiger partial charge is 0.372 e. The number of hydrogen-bond acceptors (Lipinski definition) is 7. The Hall–Kier alpha value is -3.56. The van der Waals surface area contributed by atoms with Crippen LogP contribution in [0.4, 0.5) is 49.5 Å². The Morgan fingerprint density at radius 1 is 1.10 bits per heavy atom. The van der Waals surface area contributed by atoms with Crippen molar-refractivity contribution in [3.8, 4) is 6.07 Å². The Kier molecular flexibility index (Phi) is 6.47. The molecule has 7 nitrogen and oxygen atoms in total. The van der Waals surface area contributed by atoms with Crippen LogP contribution in [-0.4, -0.2) is 35.4 Å². The van der Waals surface area contributed by atoms with Gasteiger partial charge in [0.2, 0.25) is 5.95 Å². The van der Waals surface area contributed by atoms with Crippen LogP contribution in [-0.2, 0) is 6.18 Å². The summed E-state index contributed by atoms with van der Waals surface area (Å²) in [6.45, 7) is -1.78. The zero-order chi connectivity index (χ0) is 21.7. The van der Waals surface area contributed by atoms with Crippen LogP contribution in [0.15, 0.2) is 24.4 Å². The van der Waals surface area contributed by atoms with Gasteiger partial charge in [0.1, 0.15) is 24.5 Å². The first-order valence-corrected chi connectivity index (χ1v) is 7.81. The molecule has 0 aliphatic carbocycles. The molecule has 0 spiro atoms. The molecule has 2 rings (SSSR count). The third-order valence-electron chi connectivity index (χ3n) is 3.41. The predicted octanol–water partition coefficient (Wildman–Crippen LogP) is 4.15. The van der Waals surface area contributed by atoms with Gasteiger partial charge in [0.05, 0.1) is 11.8 Å². The van der Waals surface area contributed by atoms with Crippen LogP contribution in [0.1, 0.15) is 11.1 Å². The molecule has 29 heavy (non-hydrogen) atoms. The lowest BCUT2D eigenvalue weighted by Gasteiger charge is -2.17. The van der Waals surface area contributed by atoms with Gasteiger partial charge in [0.15, 0.2) is 0 Å². The fraction of sp³-hybridized carbons (Fsp3) is 0.250. The van der Waals surface area contributed by atoms with Crippen LogP contribution in [0.3, 0.4) is 0 Å². The molecule has 2 aromatic rings. The molecule has 0 saturated heterocycles. The van der Waals surface area contributed by atoms with Gasteiger partial charge in [-0.2, -0.15) is 36.6 Å². The lowest BCUT2D eigenvalue weighted by Crippen LogP contribution is -2.24. The molecule has 0 fully saturated rings. The minimum Gasteiger partial charge on any atom is -0.372 e. The highest BCUT2D eigenvalue weighted by Crippen LogP contribution is 2.35. The number of aromatic nitrogens is 2. The van der Waals surface area contributed by atoms with Crippen molar-refractivity contribution in [2.75, 3.05) is 29.0 Å². The SMILES string of the molecule is N#CCNc1cccc(Nc2ncc(C(F)(F)F)c(NCC(F)(F)F)n2)c1C=N. The molecule has 154 valence electrons. The number of benzene rings is 1. The minimum absolute atomic E-state index is 0.0629. The Morgan fingerprint density at radius 3 is 2.38 bits per heavy atom. The maximum Gasteiger partial charge on any atom is 0.421 e. The summed E-state index contributed by atoms with van der Waals surface area (Å²) in [5.74, 6) is -1.45. The molecule has 1 aromatic heterocycles. The van der Waals surface area contributed by atoms with E-state index in [9.17, 15) is 26.3 Å². The summed E-state index contributed by atoms with van der Waals surface area (Å²) >= 11 is 0. The van der Waals surface area contributed by atoms with Crippen molar-refractivity contribution in [1.82, 2.24) is 9.97 Å². The largest absolute Gasteiger partial charge is 0.421 e. The van der Waals surface area contributed by atoms with Gasteiger partial charge in [-0.25, -0.2) is 4.98 Å². The summed E-state index contributed by atoms with van der Waals surface area (Å²) < 4.78 is 76.3. The highest BCUT2D eigenvalue weighted by molar-refractivity contribution is 5.94. The van der Waals surface area contributed by atoms with E-state index in [1.807, 2.05) is 6.07 Å². The monoisotopic (exact) mass is 417 g/mol. The van der Waals surface area contributed by atoms with Crippen molar-refractivity contribution >= 4 is 29.4 Å². The minimum atomic E-state index is -4.96. The Bertz CT molecular complexity index is 917. The van der Waals surface area contributed by atoms with Gasteiger partial charge in [0, 0.05) is 23.7 Å². The molecule has 1 heterocycles. The summed E-state index contributed by atoms with van der Waals surface area (Å²) in [5.41, 5.74) is -0.626. The van der Waals surface area contributed by atoms with E-state index in [-0.39, 0.29) is 17.8 Å². The number of halogens is 6. The van der Waals surface area contributed by atoms with Crippen molar-refractivity contribution < 1.29 is 26.3 Å². The van der Waals surface area contributed by atoms with Crippen molar-refractivity contribution in [3.05, 3.63) is 35.5 Å². The number of hydrogen-bond donors (Lipinski definition) is 4. The second-order valence-electron chi connectivity index (χ2n) is 5.47. The van der Waals surface area contributed by atoms with Crippen molar-refractivity contribution in [1.29, 1.82) is 10.7 Å². The normalized spacial score (nSPS) is 11.5. The molecule has 0 radical (unpaired) electrons. The van der Waals surface area contributed by atoms with Crippen LogP contribution in [0, 0.1) is 16.7 Å². The molecule has 0 amide bonds. The second-order valence-corrected chi connectivity index (χ2v) is 5.47. The number of alkyl halides is 6. The summed E-state index contributed by atoms with van der Waals surface area (Å²) in [4.78, 5) is 7.00. The fourth-order valence-corrected chi connectivity index (χ4v) is 2.21. The second kappa shape index (κ2) is 8.63. The van der Waals surface area contributed by atoms with Crippen LogP contribution >= 0.6 is 0 Å². The first-order chi connectivity index (χ1) is 13.5. The van der Waals surface area contributed by atoms with Crippen LogP contribution < -0.4 is 16.0 Å². The summed E-state index contributed by atoms with van der Waals surface area (Å²) in [5, 5.41) is 23.1. The molecule has 0 aliphatic heterocycles. The third kappa shape index (κ3) is 5.96. The molecular formula is C16H13F6N7. The van der Waals surface area contributed by atoms with E-state index in [1.54, 1.807) is 11.4 Å². The zero-order valence-electron chi connectivity index (χ0n) is 14.4. The van der Waals surface area contributed by atoms with Gasteiger partial charge in [-0.3, -0.25) is 0 Å². The summed E-state index contributed by atoms with van der Waals surface area (Å²) in [6.07, 6.45) is -8.44. The molecule has 1 aromatic carbocycles. The number of nitriles is 1. The summed E-state index contributed by atoms with van der Waals surface area (Å²) in [7, 11) is 0. The van der Waals surface area contributed by atoms with Gasteiger partial charge in [-0.05, 0) is 12.1 Å². The highest BCUT2D eigenvalue weighted by Gasteiger charge is 2.36. The van der Waals surface area contributed by atoms with E-state index in [0.29, 0.717) is 11.9 Å². The van der Waals surface area contributed by atoms with Gasteiger partial charge in [0.25, 0.3) is 0 Å². The predicted molar refractivity (Wildman–Crippen MR) is 93.3 cm³/mol. The molecule has 13 heteroatoms. The zero-order valence-corrected chi connectivity index (χ0v) is 14.4. The third-order valence-corrected chi connectivity index (χ3v) is 3.41. The average molecular weight is 417 g/mol. The van der Waals surface area contributed by atoms with E-state index >= 15 is 0 Å². The Balaban J connectivity index is 2.39. The highest BCUT2D eigenvalue weighted by atomic mass is 19.4. The first kappa shape index (κ1) is 21.7. The molecule has 4 N–H and O–H groups in total. The van der Waals surface area contributed by atoms with Crippen LogP contribution in [0.5, 0.6) is 0 Å². The molecule has 0 unspecified atom stereocenters. The number of anilines is 4. The van der Waals surface area contributed by atoms with Gasteiger partial charge in [-0.1, -0.05) is 6.07 Å². The van der Waals surface area contributed by atoms with Gasteiger partial charge >= 0.3 is 12.4 Å². The molecule has 0 bridgehead atoms. The molecule has 0 aliphatic rings. The van der Waals surface area contributed by atoms with Crippen LogP contribution in [0.25, 0.3) is 0 Å². The van der Waals surface area contributed by atoms with E-state index in [4.69, 9.17) is 10.7 Å². The Labute approximate surface area is 160 Å². The van der Waals surface area contributed by atoms with Crippen molar-refractivity contribution in [2.24, 2.45) is 0 Å². The van der Waals surface area contributed by atoms with E-state index in [1.165, 1.54) is 12.1 Å². The van der Waals surface area contributed by atoms with Crippen molar-refractivity contribution in [2.45, 2.75) is 12.4 Å². The molecule has 0 atom stereocenters. The fourth-order valence-electron chi connectivity index (χ4n) is 2.21. The average Bonchev–Trinajstić information content (AvgIpc) is 2.63. The van der Waals surface area contributed by atoms with E-state index < -0.39 is 36.2 Å². The maximum atomic E-state index is 13.0. The Morgan fingerprint density at radius 2 is 1.79 bits per heavy atom. The number of rotatable bonds is 7. The number of nitrogens with zero attached hydrogens (tertiary/aromatic N) is 3. The van der Waals surface area contributed by atoms with Crippen molar-refractivity contribution in [3.63, 3.8) is 0 Å². The van der Waals surface area contributed by atoms with Gasteiger partial charge in [-0.15, -0.1) is 0 Å². The van der Waals surface area contributed by atoms with E-state index in [0.717, 1.165) is 6.21 Å². The van der Waals surface area contributed by atoms with E-state index in [2.05, 4.69) is 20.6 Å². The topological polar surface area (TPSA) is 110 Å². The van der Waals surface area contributed by atoms with Crippen LogP contribution in [0.2, 0.25) is 0 Å². The standard InChI is InChI=1S/C16H13F6N7/c17-15(18,19)8-27-13-10(16(20,21)22)7-26-14(29-13)28-12-3-1-2-11(9(12)6-24)25-5-4-23/h1-3,6-7,24-25H,5,8H2,(H2,26,27,28,29). The number of nitrogens with one attached hydrogen (secondary N) is 4.